The molecule has 1 aliphatic rings. The summed E-state index contributed by atoms with van der Waals surface area (Å²) >= 11 is 1.25. The number of carbonyl (C=O) groups excluding carboxylic acids is 1. The predicted molar refractivity (Wildman–Crippen MR) is 81.1 cm³/mol. The number of carboxylic acids is 1. The first-order valence-electron chi connectivity index (χ1n) is 6.77. The Balaban J connectivity index is 2.09. The molecule has 2 heterocycles. The lowest BCUT2D eigenvalue weighted by molar-refractivity contribution is -0.105. The highest BCUT2D eigenvalue weighted by atomic mass is 32.1. The van der Waals surface area contributed by atoms with Crippen LogP contribution < -0.4 is 5.32 Å². The Labute approximate surface area is 127 Å². The summed E-state index contributed by atoms with van der Waals surface area (Å²) in [6.07, 6.45) is 0. The van der Waals surface area contributed by atoms with Crippen LogP contribution in [-0.2, 0) is 0 Å². The van der Waals surface area contributed by atoms with Crippen LogP contribution in [0.1, 0.15) is 34.6 Å². The smallest absolute Gasteiger partial charge is 0.338 e. The molecule has 1 fully saturated rings. The molecular formula is C14H20N2O4S. The molecule has 0 unspecified atom stereocenters. The summed E-state index contributed by atoms with van der Waals surface area (Å²) in [6.45, 7) is 7.90. The largest absolute Gasteiger partial charge is 0.478 e. The number of carboxylic acid groups (broad SMARTS) is 1. The van der Waals surface area contributed by atoms with E-state index in [2.05, 4.69) is 5.32 Å². The van der Waals surface area contributed by atoms with Gasteiger partial charge < -0.3 is 15.1 Å². The molecule has 2 rings (SSSR count). The van der Waals surface area contributed by atoms with Crippen LogP contribution in [0.25, 0.3) is 0 Å². The lowest BCUT2D eigenvalue weighted by Gasteiger charge is -2.48. The van der Waals surface area contributed by atoms with Gasteiger partial charge in [-0.05, 0) is 25.3 Å². The topological polar surface area (TPSA) is 89.9 Å². The maximum absolute atomic E-state index is 12.1. The van der Waals surface area contributed by atoms with E-state index in [4.69, 9.17) is 0 Å². The van der Waals surface area contributed by atoms with Crippen molar-refractivity contribution in [3.05, 3.63) is 16.0 Å². The summed E-state index contributed by atoms with van der Waals surface area (Å²) < 4.78 is 0. The maximum Gasteiger partial charge on any atom is 0.338 e. The first-order chi connectivity index (χ1) is 9.65. The van der Waals surface area contributed by atoms with Crippen LogP contribution in [-0.4, -0.2) is 45.8 Å². The van der Waals surface area contributed by atoms with Crippen LogP contribution >= 0.6 is 11.3 Å². The van der Waals surface area contributed by atoms with Crippen LogP contribution in [0.3, 0.4) is 0 Å². The van der Waals surface area contributed by atoms with Crippen LogP contribution in [0.2, 0.25) is 0 Å². The van der Waals surface area contributed by atoms with Gasteiger partial charge in [-0.3, -0.25) is 5.32 Å². The molecule has 3 N–H and O–H groups in total. The molecule has 1 saturated heterocycles. The van der Waals surface area contributed by atoms with Crippen molar-refractivity contribution in [1.82, 2.24) is 4.90 Å². The fourth-order valence-electron chi connectivity index (χ4n) is 2.27. The minimum absolute atomic E-state index is 0.0716. The number of aryl methyl sites for hydroxylation is 1. The molecule has 2 amide bonds. The van der Waals surface area contributed by atoms with Gasteiger partial charge in [0.25, 0.3) is 0 Å². The van der Waals surface area contributed by atoms with Gasteiger partial charge in [-0.2, -0.15) is 0 Å². The zero-order valence-electron chi connectivity index (χ0n) is 12.6. The molecule has 0 atom stereocenters. The van der Waals surface area contributed by atoms with E-state index < -0.39 is 11.6 Å². The number of aliphatic hydroxyl groups is 1. The Bertz CT molecular complexity index is 588. The second-order valence-corrected chi connectivity index (χ2v) is 7.06. The number of carbonyl (C=O) groups is 2. The quantitative estimate of drug-likeness (QED) is 0.799. The van der Waals surface area contributed by atoms with Gasteiger partial charge in [0.1, 0.15) is 10.6 Å². The Kier molecular flexibility index (Phi) is 3.99. The number of hydrogen-bond donors (Lipinski definition) is 3. The number of rotatable bonds is 3. The molecule has 0 aromatic carbocycles. The Morgan fingerprint density at radius 1 is 1.33 bits per heavy atom. The normalized spacial score (nSPS) is 16.8. The van der Waals surface area contributed by atoms with Gasteiger partial charge in [-0.25, -0.2) is 9.59 Å². The van der Waals surface area contributed by atoms with Gasteiger partial charge >= 0.3 is 12.0 Å². The van der Waals surface area contributed by atoms with E-state index in [1.54, 1.807) is 6.92 Å². The summed E-state index contributed by atoms with van der Waals surface area (Å²) in [5, 5.41) is 22.4. The average molecular weight is 312 g/mol. The van der Waals surface area contributed by atoms with Gasteiger partial charge in [0, 0.05) is 4.88 Å². The minimum atomic E-state index is -1.05. The zero-order chi connectivity index (χ0) is 15.9. The van der Waals surface area contributed by atoms with E-state index in [0.29, 0.717) is 10.6 Å². The molecule has 1 aromatic rings. The van der Waals surface area contributed by atoms with E-state index in [-0.39, 0.29) is 30.6 Å². The first kappa shape index (κ1) is 15.8. The van der Waals surface area contributed by atoms with Gasteiger partial charge in [-0.1, -0.05) is 13.8 Å². The predicted octanol–water partition coefficient (Wildman–Crippen LogP) is 2.30. The lowest BCUT2D eigenvalue weighted by atomic mass is 9.83. The summed E-state index contributed by atoms with van der Waals surface area (Å²) in [5.74, 6) is -0.975. The number of nitrogens with one attached hydrogen (secondary N) is 1. The molecule has 0 saturated carbocycles. The SMILES string of the molecule is Cc1sc(NC(=O)N2CC(O)(C(C)C)C2)c(C(=O)O)c1C. The fraction of sp³-hybridized carbons (Fsp3) is 0.571. The van der Waals surface area contributed by atoms with Crippen molar-refractivity contribution < 1.29 is 19.8 Å². The van der Waals surface area contributed by atoms with Crippen LogP contribution in [0.5, 0.6) is 0 Å². The van der Waals surface area contributed by atoms with Crippen molar-refractivity contribution in [2.75, 3.05) is 18.4 Å². The van der Waals surface area contributed by atoms with Crippen molar-refractivity contribution in [1.29, 1.82) is 0 Å². The number of amides is 2. The molecule has 0 bridgehead atoms. The summed E-state index contributed by atoms with van der Waals surface area (Å²) in [5.41, 5.74) is -0.0237. The molecule has 6 nitrogen and oxygen atoms in total. The zero-order valence-corrected chi connectivity index (χ0v) is 13.4. The van der Waals surface area contributed by atoms with E-state index >= 15 is 0 Å². The van der Waals surface area contributed by atoms with Gasteiger partial charge in [0.05, 0.1) is 18.7 Å². The molecule has 0 spiro atoms. The third kappa shape index (κ3) is 2.75. The number of thiophene rings is 1. The number of anilines is 1. The Morgan fingerprint density at radius 3 is 2.38 bits per heavy atom. The molecule has 7 heteroatoms. The minimum Gasteiger partial charge on any atom is -0.478 e. The molecule has 0 aliphatic carbocycles. The Morgan fingerprint density at radius 2 is 1.90 bits per heavy atom. The highest BCUT2D eigenvalue weighted by molar-refractivity contribution is 7.16. The molecule has 1 aliphatic heterocycles. The first-order valence-corrected chi connectivity index (χ1v) is 7.59. The van der Waals surface area contributed by atoms with Gasteiger partial charge in [0.2, 0.25) is 0 Å². The van der Waals surface area contributed by atoms with E-state index in [9.17, 15) is 19.8 Å². The van der Waals surface area contributed by atoms with Crippen molar-refractivity contribution >= 4 is 28.3 Å². The number of aromatic carboxylic acids is 1. The van der Waals surface area contributed by atoms with Crippen molar-refractivity contribution in [3.63, 3.8) is 0 Å². The second kappa shape index (κ2) is 5.31. The van der Waals surface area contributed by atoms with Crippen LogP contribution in [0.15, 0.2) is 0 Å². The molecule has 1 aromatic heterocycles. The monoisotopic (exact) mass is 312 g/mol. The average Bonchev–Trinajstić information content (AvgIpc) is 2.60. The van der Waals surface area contributed by atoms with Gasteiger partial charge in [0.15, 0.2) is 0 Å². The fourth-order valence-corrected chi connectivity index (χ4v) is 3.31. The van der Waals surface area contributed by atoms with Crippen molar-refractivity contribution in [2.24, 2.45) is 5.92 Å². The second-order valence-electron chi connectivity index (χ2n) is 5.84. The highest BCUT2D eigenvalue weighted by Crippen LogP contribution is 2.34. The maximum atomic E-state index is 12.1. The molecular weight excluding hydrogens is 292 g/mol. The van der Waals surface area contributed by atoms with E-state index in [1.165, 1.54) is 16.2 Å². The number of urea groups is 1. The van der Waals surface area contributed by atoms with E-state index in [1.807, 2.05) is 20.8 Å². The molecule has 0 radical (unpaired) electrons. The third-order valence-electron chi connectivity index (χ3n) is 4.11. The highest BCUT2D eigenvalue weighted by Gasteiger charge is 2.46. The van der Waals surface area contributed by atoms with Crippen molar-refractivity contribution in [3.8, 4) is 0 Å². The molecule has 21 heavy (non-hydrogen) atoms. The Hall–Kier alpha value is -1.60. The van der Waals surface area contributed by atoms with Crippen LogP contribution in [0.4, 0.5) is 9.80 Å². The lowest BCUT2D eigenvalue weighted by Crippen LogP contribution is -2.66. The third-order valence-corrected chi connectivity index (χ3v) is 5.23. The summed E-state index contributed by atoms with van der Waals surface area (Å²) in [4.78, 5) is 25.8. The number of likely N-dealkylation sites (tertiary alicyclic amines) is 1. The number of β-amino-alcohol motifs (C(OH)–C–C–N with tert-alkyl or cyclic N) is 1. The number of nitrogens with zero attached hydrogens (tertiary/aromatic N) is 1. The van der Waals surface area contributed by atoms with Crippen LogP contribution in [0, 0.1) is 19.8 Å². The number of hydrogen-bond acceptors (Lipinski definition) is 4. The standard InChI is InChI=1S/C14H20N2O4S/c1-7(2)14(20)5-16(6-14)13(19)15-11-10(12(17)18)8(3)9(4)21-11/h7,20H,5-6H2,1-4H3,(H,15,19)(H,17,18). The van der Waals surface area contributed by atoms with E-state index in [0.717, 1.165) is 4.88 Å². The van der Waals surface area contributed by atoms with Gasteiger partial charge in [-0.15, -0.1) is 11.3 Å². The summed E-state index contributed by atoms with van der Waals surface area (Å²) in [7, 11) is 0. The molecule has 116 valence electrons. The van der Waals surface area contributed by atoms with Crippen molar-refractivity contribution in [2.45, 2.75) is 33.3 Å². The summed E-state index contributed by atoms with van der Waals surface area (Å²) in [6, 6.07) is -0.371.